The van der Waals surface area contributed by atoms with E-state index in [0.29, 0.717) is 14.8 Å². The largest absolute Gasteiger partial charge is 0.490 e. The summed E-state index contributed by atoms with van der Waals surface area (Å²) in [5, 5.41) is 2.21. The van der Waals surface area contributed by atoms with Gasteiger partial charge in [-0.2, -0.15) is 8.42 Å². The number of hydrogen-bond donors (Lipinski definition) is 1. The van der Waals surface area contributed by atoms with Crippen molar-refractivity contribution in [3.8, 4) is 11.5 Å². The lowest BCUT2D eigenvalue weighted by atomic mass is 10.1. The second kappa shape index (κ2) is 12.4. The van der Waals surface area contributed by atoms with Gasteiger partial charge >= 0.3 is 10.1 Å². The Balaban J connectivity index is 1.59. The number of carbonyl (C=O) groups is 3. The van der Waals surface area contributed by atoms with E-state index in [1.54, 1.807) is 25.1 Å². The molecule has 0 atom stereocenters. The third-order valence-corrected chi connectivity index (χ3v) is 8.53. The van der Waals surface area contributed by atoms with E-state index in [1.165, 1.54) is 36.1 Å². The first kappa shape index (κ1) is 29.6. The maximum Gasteiger partial charge on any atom is 0.339 e. The summed E-state index contributed by atoms with van der Waals surface area (Å²) in [5.74, 6) is -0.523. The zero-order valence-electron chi connectivity index (χ0n) is 21.8. The average Bonchev–Trinajstić information content (AvgIpc) is 3.13. The molecule has 3 amide bonds. The minimum atomic E-state index is -4.24. The number of nitrogens with zero attached hydrogens (tertiary/aromatic N) is 1. The van der Waals surface area contributed by atoms with Gasteiger partial charge in [0.15, 0.2) is 11.5 Å². The van der Waals surface area contributed by atoms with Crippen LogP contribution in [0.5, 0.6) is 11.5 Å². The first-order valence-electron chi connectivity index (χ1n) is 12.1. The maximum atomic E-state index is 13.1. The van der Waals surface area contributed by atoms with Crippen LogP contribution in [-0.4, -0.2) is 37.0 Å². The molecule has 1 aliphatic rings. The second-order valence-electron chi connectivity index (χ2n) is 8.76. The number of amides is 3. The summed E-state index contributed by atoms with van der Waals surface area (Å²) in [7, 11) is -4.24. The second-order valence-corrected chi connectivity index (χ2v) is 12.5. The molecular weight excluding hydrogens is 667 g/mol. The van der Waals surface area contributed by atoms with Crippen LogP contribution in [-0.2, 0) is 26.3 Å². The molecule has 0 saturated carbocycles. The number of nitrogens with one attached hydrogen (secondary N) is 1. The minimum Gasteiger partial charge on any atom is -0.490 e. The maximum absolute atomic E-state index is 13.1. The number of carbonyl (C=O) groups excluding carboxylic acids is 3. The van der Waals surface area contributed by atoms with Crippen LogP contribution >= 0.6 is 34.4 Å². The molecule has 3 aromatic rings. The van der Waals surface area contributed by atoms with Gasteiger partial charge in [-0.05, 0) is 102 Å². The Labute approximate surface area is 250 Å². The van der Waals surface area contributed by atoms with Crippen molar-refractivity contribution < 1.29 is 31.7 Å². The summed E-state index contributed by atoms with van der Waals surface area (Å²) in [6.07, 6.45) is 1.57. The number of aryl methyl sites for hydroxylation is 1. The van der Waals surface area contributed by atoms with Gasteiger partial charge in [-0.15, -0.1) is 0 Å². The van der Waals surface area contributed by atoms with Crippen LogP contribution in [0, 0.1) is 10.5 Å². The number of anilines is 1. The summed E-state index contributed by atoms with van der Waals surface area (Å²) < 4.78 is 37.6. The molecule has 0 radical (unpaired) electrons. The van der Waals surface area contributed by atoms with Gasteiger partial charge < -0.3 is 14.2 Å². The Morgan fingerprint density at radius 1 is 1.10 bits per heavy atom. The smallest absolute Gasteiger partial charge is 0.339 e. The van der Waals surface area contributed by atoms with E-state index in [2.05, 4.69) is 5.32 Å². The van der Waals surface area contributed by atoms with E-state index in [-0.39, 0.29) is 45.6 Å². The SMILES string of the molecule is CCOc1cc(/C=C2\SC(=O)N(Cc3cccc(C)c3)C2=O)cc(I)c1OS(=O)(=O)c1ccc(NC(C)=O)cc1. The number of ether oxygens (including phenoxy) is 1. The van der Waals surface area contributed by atoms with Gasteiger partial charge in [0.2, 0.25) is 5.91 Å². The van der Waals surface area contributed by atoms with Crippen LogP contribution < -0.4 is 14.2 Å². The van der Waals surface area contributed by atoms with Gasteiger partial charge in [-0.3, -0.25) is 19.3 Å². The molecule has 9 nitrogen and oxygen atoms in total. The van der Waals surface area contributed by atoms with Crippen LogP contribution in [0.15, 0.2) is 70.5 Å². The summed E-state index contributed by atoms with van der Waals surface area (Å²) in [6, 6.07) is 16.4. The summed E-state index contributed by atoms with van der Waals surface area (Å²) >= 11 is 2.78. The highest BCUT2D eigenvalue weighted by molar-refractivity contribution is 14.1. The Morgan fingerprint density at radius 2 is 1.82 bits per heavy atom. The number of hydrogen-bond acceptors (Lipinski definition) is 8. The third kappa shape index (κ3) is 7.04. The first-order valence-corrected chi connectivity index (χ1v) is 15.4. The van der Waals surface area contributed by atoms with E-state index in [1.807, 2.05) is 53.8 Å². The Kier molecular flexibility index (Phi) is 9.21. The van der Waals surface area contributed by atoms with Crippen LogP contribution in [0.4, 0.5) is 10.5 Å². The lowest BCUT2D eigenvalue weighted by Gasteiger charge is -2.15. The number of imide groups is 1. The fourth-order valence-electron chi connectivity index (χ4n) is 3.86. The predicted octanol–water partition coefficient (Wildman–Crippen LogP) is 5.96. The van der Waals surface area contributed by atoms with Gasteiger partial charge in [0.25, 0.3) is 11.1 Å². The molecule has 0 aliphatic carbocycles. The van der Waals surface area contributed by atoms with Crippen LogP contribution in [0.2, 0.25) is 0 Å². The van der Waals surface area contributed by atoms with Crippen molar-refractivity contribution in [3.63, 3.8) is 0 Å². The Hall–Kier alpha value is -3.36. The molecule has 1 heterocycles. The predicted molar refractivity (Wildman–Crippen MR) is 162 cm³/mol. The van der Waals surface area contributed by atoms with Crippen LogP contribution in [0.3, 0.4) is 0 Å². The lowest BCUT2D eigenvalue weighted by Crippen LogP contribution is -2.27. The van der Waals surface area contributed by atoms with Crippen molar-refractivity contribution in [2.24, 2.45) is 0 Å². The highest BCUT2D eigenvalue weighted by Crippen LogP contribution is 2.39. The monoisotopic (exact) mass is 692 g/mol. The van der Waals surface area contributed by atoms with Crippen molar-refractivity contribution in [3.05, 3.63) is 85.8 Å². The molecule has 1 fully saturated rings. The van der Waals surface area contributed by atoms with Crippen molar-refractivity contribution in [1.29, 1.82) is 0 Å². The standard InChI is InChI=1S/C28H25IN2O7S2/c1-4-37-24-14-20(15-25-27(33)31(28(34)39-25)16-19-7-5-6-17(2)12-19)13-23(29)26(24)38-40(35,36)22-10-8-21(9-11-22)30-18(3)32/h5-15H,4,16H2,1-3H3,(H,30,32)/b25-15-. The highest BCUT2D eigenvalue weighted by atomic mass is 127. The molecule has 1 saturated heterocycles. The molecule has 0 aromatic heterocycles. The summed E-state index contributed by atoms with van der Waals surface area (Å²) in [5.41, 5.74) is 2.87. The molecule has 4 rings (SSSR count). The zero-order valence-corrected chi connectivity index (χ0v) is 25.6. The fraction of sp³-hybridized carbons (Fsp3) is 0.179. The van der Waals surface area contributed by atoms with E-state index >= 15 is 0 Å². The highest BCUT2D eigenvalue weighted by Gasteiger charge is 2.35. The average molecular weight is 693 g/mol. The van der Waals surface area contributed by atoms with Crippen molar-refractivity contribution in [1.82, 2.24) is 4.90 Å². The van der Waals surface area contributed by atoms with E-state index in [4.69, 9.17) is 8.92 Å². The molecule has 1 N–H and O–H groups in total. The van der Waals surface area contributed by atoms with E-state index in [9.17, 15) is 22.8 Å². The quantitative estimate of drug-likeness (QED) is 0.166. The van der Waals surface area contributed by atoms with Crippen LogP contribution in [0.1, 0.15) is 30.5 Å². The molecule has 0 unspecified atom stereocenters. The molecule has 208 valence electrons. The van der Waals surface area contributed by atoms with Gasteiger partial charge in [-0.25, -0.2) is 0 Å². The van der Waals surface area contributed by atoms with Crippen molar-refractivity contribution in [2.75, 3.05) is 11.9 Å². The lowest BCUT2D eigenvalue weighted by molar-refractivity contribution is -0.123. The van der Waals surface area contributed by atoms with Crippen molar-refractivity contribution >= 4 is 73.3 Å². The van der Waals surface area contributed by atoms with Crippen LogP contribution in [0.25, 0.3) is 6.08 Å². The number of thioether (sulfide) groups is 1. The summed E-state index contributed by atoms with van der Waals surface area (Å²) in [4.78, 5) is 38.2. The number of halogens is 1. The molecule has 0 bridgehead atoms. The van der Waals surface area contributed by atoms with Gasteiger partial charge in [0, 0.05) is 12.6 Å². The molecule has 3 aromatic carbocycles. The Bertz CT molecular complexity index is 1620. The zero-order chi connectivity index (χ0) is 29.0. The molecule has 40 heavy (non-hydrogen) atoms. The Morgan fingerprint density at radius 3 is 2.48 bits per heavy atom. The number of rotatable bonds is 9. The van der Waals surface area contributed by atoms with Gasteiger partial charge in [0.1, 0.15) is 4.90 Å². The fourth-order valence-corrected chi connectivity index (χ4v) is 6.54. The minimum absolute atomic E-state index is 0.00177. The first-order chi connectivity index (χ1) is 19.0. The van der Waals surface area contributed by atoms with E-state index < -0.39 is 16.0 Å². The van der Waals surface area contributed by atoms with Gasteiger partial charge in [0.05, 0.1) is 21.6 Å². The normalized spacial score (nSPS) is 14.5. The summed E-state index contributed by atoms with van der Waals surface area (Å²) in [6.45, 7) is 5.44. The molecular formula is C28H25IN2O7S2. The third-order valence-electron chi connectivity index (χ3n) is 5.58. The van der Waals surface area contributed by atoms with Crippen molar-refractivity contribution in [2.45, 2.75) is 32.2 Å². The molecule has 0 spiro atoms. The topological polar surface area (TPSA) is 119 Å². The molecule has 12 heteroatoms. The van der Waals surface area contributed by atoms with E-state index in [0.717, 1.165) is 22.9 Å². The van der Waals surface area contributed by atoms with Gasteiger partial charge in [-0.1, -0.05) is 29.8 Å². The molecule has 1 aliphatic heterocycles. The number of benzene rings is 3.